The molecule has 3 heterocycles. The summed E-state index contributed by atoms with van der Waals surface area (Å²) in [6.45, 7) is 3.12. The Labute approximate surface area is 245 Å². The van der Waals surface area contributed by atoms with Crippen molar-refractivity contribution in [2.45, 2.75) is 38.3 Å². The quantitative estimate of drug-likeness (QED) is 0.379. The molecule has 0 aliphatic carbocycles. The zero-order chi connectivity index (χ0) is 31.5. The number of nitrogens with one attached hydrogen (secondary N) is 1. The molecule has 0 unspecified atom stereocenters. The third kappa shape index (κ3) is 7.06. The summed E-state index contributed by atoms with van der Waals surface area (Å²) in [6.07, 6.45) is -2.58. The molecule has 3 aromatic rings. The smallest absolute Gasteiger partial charge is 0.415 e. The van der Waals surface area contributed by atoms with E-state index >= 15 is 0 Å². The number of Topliss-reactive ketones (excluding diaryl/α,β-unsaturated/α-hetero) is 1. The van der Waals surface area contributed by atoms with Gasteiger partial charge in [0.25, 0.3) is 10.0 Å². The second-order valence-electron chi connectivity index (χ2n) is 10.1. The van der Waals surface area contributed by atoms with Crippen LogP contribution in [0.1, 0.15) is 25.8 Å². The fraction of sp³-hybridized carbons (Fsp3) is 0.444. The van der Waals surface area contributed by atoms with Crippen molar-refractivity contribution in [3.05, 3.63) is 48.3 Å². The van der Waals surface area contributed by atoms with Crippen LogP contribution < -0.4 is 10.2 Å². The van der Waals surface area contributed by atoms with Gasteiger partial charge in [-0.15, -0.1) is 0 Å². The first kappa shape index (κ1) is 31.7. The number of ether oxygens (including phenoxy) is 1. The minimum Gasteiger partial charge on any atom is -0.449 e. The Kier molecular flexibility index (Phi) is 9.27. The average molecular weight is 625 g/mol. The number of amides is 3. The first-order valence-electron chi connectivity index (χ1n) is 13.5. The SMILES string of the molecule is CCOC(=O)N(CC(=O)[C@H]1CN(C(=O)NCC(F)(F)F)C[C@H]1CC)c1cnc2c(ccn2S(=O)(=O)c2ccc(C)cc2)n1. The molecular formula is C27H31F3N6O6S. The van der Waals surface area contributed by atoms with Crippen LogP contribution >= 0.6 is 0 Å². The van der Waals surface area contributed by atoms with Crippen LogP contribution in [0, 0.1) is 18.8 Å². The number of anilines is 1. The van der Waals surface area contributed by atoms with E-state index < -0.39 is 53.1 Å². The number of aryl methyl sites for hydroxylation is 1. The molecule has 1 aliphatic heterocycles. The molecule has 1 fully saturated rings. The molecule has 2 atom stereocenters. The molecule has 232 valence electrons. The van der Waals surface area contributed by atoms with Crippen LogP contribution in [0.3, 0.4) is 0 Å². The van der Waals surface area contributed by atoms with Gasteiger partial charge < -0.3 is 15.0 Å². The number of carbonyl (C=O) groups is 3. The van der Waals surface area contributed by atoms with E-state index in [2.05, 4.69) is 9.97 Å². The molecule has 0 spiro atoms. The molecule has 1 saturated heterocycles. The predicted molar refractivity (Wildman–Crippen MR) is 149 cm³/mol. The third-order valence-electron chi connectivity index (χ3n) is 7.11. The number of likely N-dealkylation sites (tertiary alicyclic amines) is 1. The lowest BCUT2D eigenvalue weighted by molar-refractivity contribution is -0.124. The van der Waals surface area contributed by atoms with Crippen LogP contribution in [0.15, 0.2) is 47.6 Å². The minimum atomic E-state index is -4.58. The van der Waals surface area contributed by atoms with E-state index in [4.69, 9.17) is 4.74 Å². The Bertz CT molecular complexity index is 1610. The Morgan fingerprint density at radius 1 is 1.12 bits per heavy atom. The first-order valence-corrected chi connectivity index (χ1v) is 14.9. The highest BCUT2D eigenvalue weighted by atomic mass is 32.2. The second kappa shape index (κ2) is 12.6. The number of carbonyl (C=O) groups excluding carboxylic acids is 3. The van der Waals surface area contributed by atoms with Crippen molar-refractivity contribution in [3.8, 4) is 0 Å². The van der Waals surface area contributed by atoms with Crippen LogP contribution in [0.5, 0.6) is 0 Å². The molecule has 1 aliphatic rings. The highest BCUT2D eigenvalue weighted by Crippen LogP contribution is 2.29. The summed E-state index contributed by atoms with van der Waals surface area (Å²) >= 11 is 0. The fourth-order valence-corrected chi connectivity index (χ4v) is 6.14. The number of hydrogen-bond acceptors (Lipinski definition) is 8. The van der Waals surface area contributed by atoms with Gasteiger partial charge in [-0.1, -0.05) is 31.0 Å². The average Bonchev–Trinajstić information content (AvgIpc) is 3.59. The Balaban J connectivity index is 1.57. The summed E-state index contributed by atoms with van der Waals surface area (Å²) in [5.41, 5.74) is 1.02. The summed E-state index contributed by atoms with van der Waals surface area (Å²) < 4.78 is 70.2. The number of halogens is 3. The van der Waals surface area contributed by atoms with Crippen LogP contribution in [-0.4, -0.2) is 84.1 Å². The number of fused-ring (bicyclic) bond motifs is 1. The molecule has 43 heavy (non-hydrogen) atoms. The van der Waals surface area contributed by atoms with E-state index in [0.717, 1.165) is 25.5 Å². The zero-order valence-corrected chi connectivity index (χ0v) is 24.5. The summed E-state index contributed by atoms with van der Waals surface area (Å²) in [5.74, 6) is -1.62. The second-order valence-corrected chi connectivity index (χ2v) is 11.9. The number of ketones is 1. The van der Waals surface area contributed by atoms with Crippen molar-refractivity contribution < 1.29 is 40.7 Å². The lowest BCUT2D eigenvalue weighted by Crippen LogP contribution is -2.43. The Morgan fingerprint density at radius 2 is 1.81 bits per heavy atom. The normalized spacial score (nSPS) is 17.2. The summed E-state index contributed by atoms with van der Waals surface area (Å²) in [7, 11) is -4.01. The van der Waals surface area contributed by atoms with Gasteiger partial charge in [-0.05, 0) is 38.0 Å². The number of hydrogen-bond donors (Lipinski definition) is 1. The van der Waals surface area contributed by atoms with Gasteiger partial charge in [0.15, 0.2) is 17.2 Å². The molecule has 1 N–H and O–H groups in total. The number of rotatable bonds is 9. The Morgan fingerprint density at radius 3 is 2.44 bits per heavy atom. The molecule has 2 aromatic heterocycles. The maximum atomic E-state index is 13.5. The standard InChI is InChI=1S/C27H31F3N6O6S/c1-4-18-13-34(25(38)32-16-27(28,29)30)14-20(18)22(37)15-35(26(39)42-5-2)23-12-31-24-21(33-23)10-11-36(24)43(40,41)19-8-6-17(3)7-9-19/h6-12,18,20H,4-5,13-16H2,1-3H3,(H,32,38)/t18-,20+/m1/s1. The van der Waals surface area contributed by atoms with Gasteiger partial charge in [-0.3, -0.25) is 9.69 Å². The van der Waals surface area contributed by atoms with E-state index in [1.807, 2.05) is 12.2 Å². The minimum absolute atomic E-state index is 0.00168. The van der Waals surface area contributed by atoms with Gasteiger partial charge in [0.05, 0.1) is 24.2 Å². The monoisotopic (exact) mass is 624 g/mol. The third-order valence-corrected chi connectivity index (χ3v) is 8.79. The van der Waals surface area contributed by atoms with Crippen molar-refractivity contribution in [1.29, 1.82) is 0 Å². The van der Waals surface area contributed by atoms with Crippen molar-refractivity contribution in [2.75, 3.05) is 37.7 Å². The molecular weight excluding hydrogens is 593 g/mol. The highest BCUT2D eigenvalue weighted by molar-refractivity contribution is 7.90. The van der Waals surface area contributed by atoms with Gasteiger partial charge in [0.2, 0.25) is 0 Å². The van der Waals surface area contributed by atoms with E-state index in [1.54, 1.807) is 26.0 Å². The molecule has 1 aromatic carbocycles. The van der Waals surface area contributed by atoms with Gasteiger partial charge in [-0.2, -0.15) is 13.2 Å². The molecule has 0 bridgehead atoms. The molecule has 4 rings (SSSR count). The van der Waals surface area contributed by atoms with Gasteiger partial charge in [-0.25, -0.2) is 31.9 Å². The molecule has 3 amide bonds. The maximum Gasteiger partial charge on any atom is 0.415 e. The molecule has 0 saturated carbocycles. The lowest BCUT2D eigenvalue weighted by atomic mass is 9.90. The summed E-state index contributed by atoms with van der Waals surface area (Å²) in [6, 6.07) is 6.75. The highest BCUT2D eigenvalue weighted by Gasteiger charge is 2.40. The summed E-state index contributed by atoms with van der Waals surface area (Å²) in [4.78, 5) is 49.4. The molecule has 12 nitrogen and oxygen atoms in total. The van der Waals surface area contributed by atoms with Crippen molar-refractivity contribution in [3.63, 3.8) is 0 Å². The van der Waals surface area contributed by atoms with Crippen molar-refractivity contribution >= 4 is 44.9 Å². The maximum absolute atomic E-state index is 13.5. The van der Waals surface area contributed by atoms with E-state index in [9.17, 15) is 36.0 Å². The summed E-state index contributed by atoms with van der Waals surface area (Å²) in [5, 5.41) is 1.82. The number of alkyl halides is 3. The number of nitrogens with zero attached hydrogens (tertiary/aromatic N) is 5. The topological polar surface area (TPSA) is 144 Å². The van der Waals surface area contributed by atoms with Gasteiger partial charge in [0.1, 0.15) is 12.1 Å². The number of urea groups is 1. The fourth-order valence-electron chi connectivity index (χ4n) is 4.84. The van der Waals surface area contributed by atoms with Gasteiger partial charge in [0, 0.05) is 25.2 Å². The van der Waals surface area contributed by atoms with Crippen LogP contribution in [0.2, 0.25) is 0 Å². The van der Waals surface area contributed by atoms with Crippen molar-refractivity contribution in [2.24, 2.45) is 11.8 Å². The van der Waals surface area contributed by atoms with Gasteiger partial charge >= 0.3 is 18.3 Å². The number of aromatic nitrogens is 3. The first-order chi connectivity index (χ1) is 20.2. The Hall–Kier alpha value is -4.21. The molecule has 16 heteroatoms. The zero-order valence-electron chi connectivity index (χ0n) is 23.7. The molecule has 0 radical (unpaired) electrons. The van der Waals surface area contributed by atoms with Crippen LogP contribution in [-0.2, 0) is 19.6 Å². The van der Waals surface area contributed by atoms with E-state index in [-0.39, 0.29) is 47.5 Å². The van der Waals surface area contributed by atoms with Crippen LogP contribution in [0.25, 0.3) is 11.2 Å². The van der Waals surface area contributed by atoms with E-state index in [1.165, 1.54) is 24.4 Å². The lowest BCUT2D eigenvalue weighted by Gasteiger charge is -2.23. The largest absolute Gasteiger partial charge is 0.449 e. The predicted octanol–water partition coefficient (Wildman–Crippen LogP) is 3.74. The van der Waals surface area contributed by atoms with E-state index in [0.29, 0.717) is 6.42 Å². The van der Waals surface area contributed by atoms with Crippen LogP contribution in [0.4, 0.5) is 28.6 Å². The number of benzene rings is 1. The van der Waals surface area contributed by atoms with Crippen molar-refractivity contribution in [1.82, 2.24) is 24.2 Å².